The SMILES string of the molecule is O[SiH2]CCCC(C1CCC1)C1CCC1. The van der Waals surface area contributed by atoms with Crippen LogP contribution in [-0.4, -0.2) is 14.6 Å². The fourth-order valence-electron chi connectivity index (χ4n) is 3.08. The van der Waals surface area contributed by atoms with Crippen molar-refractivity contribution in [2.75, 3.05) is 0 Å². The van der Waals surface area contributed by atoms with Gasteiger partial charge in [-0.25, -0.2) is 0 Å². The van der Waals surface area contributed by atoms with E-state index in [-0.39, 0.29) is 0 Å². The van der Waals surface area contributed by atoms with E-state index in [1.165, 1.54) is 51.4 Å². The Bertz CT molecular complexity index is 150. The second-order valence-corrected chi connectivity index (χ2v) is 6.42. The van der Waals surface area contributed by atoms with E-state index in [0.29, 0.717) is 0 Å². The van der Waals surface area contributed by atoms with Gasteiger partial charge < -0.3 is 4.80 Å². The van der Waals surface area contributed by atoms with Gasteiger partial charge in [0.15, 0.2) is 9.76 Å². The third kappa shape index (κ3) is 2.40. The summed E-state index contributed by atoms with van der Waals surface area (Å²) >= 11 is 0. The molecular weight excluding hydrogens is 188 g/mol. The lowest BCUT2D eigenvalue weighted by molar-refractivity contribution is 0.0849. The molecule has 2 fully saturated rings. The van der Waals surface area contributed by atoms with Crippen molar-refractivity contribution in [1.82, 2.24) is 0 Å². The van der Waals surface area contributed by atoms with E-state index in [9.17, 15) is 0 Å². The van der Waals surface area contributed by atoms with Crippen molar-refractivity contribution in [2.24, 2.45) is 17.8 Å². The zero-order valence-electron chi connectivity index (χ0n) is 9.25. The van der Waals surface area contributed by atoms with Crippen molar-refractivity contribution in [3.05, 3.63) is 0 Å². The second kappa shape index (κ2) is 5.31. The first kappa shape index (κ1) is 10.7. The molecule has 2 aliphatic carbocycles. The molecule has 0 aromatic heterocycles. The average Bonchev–Trinajstić information content (AvgIpc) is 1.98. The molecule has 0 saturated heterocycles. The molecule has 2 aliphatic rings. The van der Waals surface area contributed by atoms with Crippen LogP contribution in [0.3, 0.4) is 0 Å². The molecule has 0 aromatic rings. The van der Waals surface area contributed by atoms with E-state index in [4.69, 9.17) is 4.80 Å². The van der Waals surface area contributed by atoms with Gasteiger partial charge in [0.1, 0.15) is 0 Å². The van der Waals surface area contributed by atoms with Crippen LogP contribution in [-0.2, 0) is 0 Å². The van der Waals surface area contributed by atoms with Crippen molar-refractivity contribution >= 4 is 9.76 Å². The highest BCUT2D eigenvalue weighted by Crippen LogP contribution is 2.46. The van der Waals surface area contributed by atoms with Crippen LogP contribution < -0.4 is 0 Å². The maximum Gasteiger partial charge on any atom is 0.156 e. The Morgan fingerprint density at radius 2 is 1.64 bits per heavy atom. The van der Waals surface area contributed by atoms with Crippen molar-refractivity contribution in [1.29, 1.82) is 0 Å². The van der Waals surface area contributed by atoms with Crippen LogP contribution in [0.4, 0.5) is 0 Å². The summed E-state index contributed by atoms with van der Waals surface area (Å²) in [5.74, 6) is 3.22. The van der Waals surface area contributed by atoms with Crippen LogP contribution in [0.5, 0.6) is 0 Å². The number of rotatable bonds is 6. The molecule has 2 saturated carbocycles. The normalized spacial score (nSPS) is 24.4. The van der Waals surface area contributed by atoms with Gasteiger partial charge in [-0.2, -0.15) is 0 Å². The highest BCUT2D eigenvalue weighted by Gasteiger charge is 2.35. The van der Waals surface area contributed by atoms with Crippen molar-refractivity contribution in [3.8, 4) is 0 Å². The Hall–Kier alpha value is 0.177. The maximum atomic E-state index is 8.94. The Kier molecular flexibility index (Phi) is 4.06. The molecule has 82 valence electrons. The fourth-order valence-corrected chi connectivity index (χ4v) is 3.60. The summed E-state index contributed by atoms with van der Waals surface area (Å²) in [6.45, 7) is 0. The van der Waals surface area contributed by atoms with Gasteiger partial charge in [-0.3, -0.25) is 0 Å². The maximum absolute atomic E-state index is 8.94. The van der Waals surface area contributed by atoms with Crippen molar-refractivity contribution < 1.29 is 4.80 Å². The Balaban J connectivity index is 1.73. The van der Waals surface area contributed by atoms with E-state index in [0.717, 1.165) is 23.8 Å². The summed E-state index contributed by atoms with van der Waals surface area (Å²) in [5, 5.41) is 0. The molecule has 2 rings (SSSR count). The van der Waals surface area contributed by atoms with Gasteiger partial charge in [-0.1, -0.05) is 51.4 Å². The van der Waals surface area contributed by atoms with Crippen molar-refractivity contribution in [2.45, 2.75) is 57.4 Å². The topological polar surface area (TPSA) is 20.2 Å². The summed E-state index contributed by atoms with van der Waals surface area (Å²) in [5.41, 5.74) is 0. The van der Waals surface area contributed by atoms with E-state index in [1.54, 1.807) is 0 Å². The van der Waals surface area contributed by atoms with Gasteiger partial charge in [0.2, 0.25) is 0 Å². The summed E-state index contributed by atoms with van der Waals surface area (Å²) in [7, 11) is -0.655. The van der Waals surface area contributed by atoms with Gasteiger partial charge in [0, 0.05) is 0 Å². The molecule has 0 spiro atoms. The minimum atomic E-state index is -0.655. The molecule has 0 unspecified atom stereocenters. The third-order valence-corrected chi connectivity index (χ3v) is 5.27. The fraction of sp³-hybridized carbons (Fsp3) is 1.00. The lowest BCUT2D eigenvalue weighted by Gasteiger charge is -2.42. The number of hydrogen-bond acceptors (Lipinski definition) is 1. The molecule has 1 nitrogen and oxygen atoms in total. The third-order valence-electron chi connectivity index (χ3n) is 4.46. The first-order chi connectivity index (χ1) is 6.92. The van der Waals surface area contributed by atoms with E-state index < -0.39 is 9.76 Å². The molecule has 1 N–H and O–H groups in total. The van der Waals surface area contributed by atoms with Crippen LogP contribution in [0, 0.1) is 17.8 Å². The van der Waals surface area contributed by atoms with E-state index in [1.807, 2.05) is 0 Å². The van der Waals surface area contributed by atoms with Gasteiger partial charge in [0.25, 0.3) is 0 Å². The van der Waals surface area contributed by atoms with Crippen molar-refractivity contribution in [3.63, 3.8) is 0 Å². The molecule has 0 aliphatic heterocycles. The molecule has 0 radical (unpaired) electrons. The molecular formula is C12H24OSi. The zero-order chi connectivity index (χ0) is 9.80. The lowest BCUT2D eigenvalue weighted by atomic mass is 9.63. The van der Waals surface area contributed by atoms with Gasteiger partial charge >= 0.3 is 0 Å². The lowest BCUT2D eigenvalue weighted by Crippen LogP contribution is -2.32. The first-order valence-corrected chi connectivity index (χ1v) is 8.16. The minimum Gasteiger partial charge on any atom is -0.438 e. The van der Waals surface area contributed by atoms with Crippen LogP contribution in [0.2, 0.25) is 6.04 Å². The largest absolute Gasteiger partial charge is 0.438 e. The Morgan fingerprint density at radius 1 is 1.07 bits per heavy atom. The predicted molar refractivity (Wildman–Crippen MR) is 63.0 cm³/mol. The van der Waals surface area contributed by atoms with Crippen LogP contribution in [0.25, 0.3) is 0 Å². The number of hydrogen-bond donors (Lipinski definition) is 1. The van der Waals surface area contributed by atoms with Gasteiger partial charge in [-0.05, 0) is 23.8 Å². The van der Waals surface area contributed by atoms with Crippen LogP contribution in [0.1, 0.15) is 51.4 Å². The van der Waals surface area contributed by atoms with Crippen LogP contribution >= 0.6 is 0 Å². The minimum absolute atomic E-state index is 0.655. The van der Waals surface area contributed by atoms with Gasteiger partial charge in [-0.15, -0.1) is 0 Å². The predicted octanol–water partition coefficient (Wildman–Crippen LogP) is 2.48. The molecule has 14 heavy (non-hydrogen) atoms. The summed E-state index contributed by atoms with van der Waals surface area (Å²) in [6, 6.07) is 1.16. The average molecular weight is 212 g/mol. The zero-order valence-corrected chi connectivity index (χ0v) is 10.7. The molecule has 0 bridgehead atoms. The second-order valence-electron chi connectivity index (χ2n) is 5.27. The van der Waals surface area contributed by atoms with E-state index in [2.05, 4.69) is 0 Å². The smallest absolute Gasteiger partial charge is 0.156 e. The van der Waals surface area contributed by atoms with E-state index >= 15 is 0 Å². The summed E-state index contributed by atoms with van der Waals surface area (Å²) < 4.78 is 0. The Labute approximate surface area is 90.2 Å². The first-order valence-electron chi connectivity index (χ1n) is 6.52. The van der Waals surface area contributed by atoms with Crippen LogP contribution in [0.15, 0.2) is 0 Å². The quantitative estimate of drug-likeness (QED) is 0.530. The summed E-state index contributed by atoms with van der Waals surface area (Å²) in [6.07, 6.45) is 11.8. The molecule has 0 aromatic carbocycles. The molecule has 2 heteroatoms. The molecule has 0 atom stereocenters. The summed E-state index contributed by atoms with van der Waals surface area (Å²) in [4.78, 5) is 8.94. The highest BCUT2D eigenvalue weighted by molar-refractivity contribution is 6.25. The molecule has 0 heterocycles. The standard InChI is InChI=1S/C12H24OSi/c13-14-9-3-8-12(10-4-1-5-10)11-6-2-7-11/h10-13H,1-9,14H2. The highest BCUT2D eigenvalue weighted by atomic mass is 28.2. The van der Waals surface area contributed by atoms with Gasteiger partial charge in [0.05, 0.1) is 0 Å². The molecule has 0 amide bonds. The Morgan fingerprint density at radius 3 is 2.00 bits per heavy atom. The monoisotopic (exact) mass is 212 g/mol.